The minimum atomic E-state index is -0.383. The van der Waals surface area contributed by atoms with E-state index in [0.29, 0.717) is 6.42 Å². The third-order valence-electron chi connectivity index (χ3n) is 5.84. The van der Waals surface area contributed by atoms with Crippen LogP contribution in [0.2, 0.25) is 0 Å². The van der Waals surface area contributed by atoms with E-state index in [1.165, 1.54) is 56.3 Å². The molecular weight excluding hydrogens is 326 g/mol. The number of carbonyl (C=O) groups excluding carboxylic acids is 2. The zero-order valence-electron chi connectivity index (χ0n) is 17.4. The van der Waals surface area contributed by atoms with Gasteiger partial charge in [0.15, 0.2) is 5.78 Å². The molecule has 2 atom stereocenters. The molecule has 0 saturated carbocycles. The minimum absolute atomic E-state index is 0.0115. The quantitative estimate of drug-likeness (QED) is 0.323. The topological polar surface area (TPSA) is 57.6 Å². The number of hydrogen-bond acceptors (Lipinski definition) is 3. The molecule has 0 aromatic rings. The van der Waals surface area contributed by atoms with Crippen molar-refractivity contribution in [2.45, 2.75) is 104 Å². The predicted octanol–water partition coefficient (Wildman–Crippen LogP) is 5.57. The molecule has 4 heteroatoms. The maximum absolute atomic E-state index is 12.2. The molecule has 0 bridgehead atoms. The number of ketones is 1. The number of hydrogen-bond donors (Lipinski definition) is 1. The van der Waals surface area contributed by atoms with E-state index in [1.807, 2.05) is 0 Å². The standard InChI is InChI=1S/C22H39NO3/c1-5-17(2)15-13-11-9-7-6-8-10-12-14-16-19(24)20-21(25)18(3)23(4)22(20)26/h17-18,25H,5-16H2,1-4H3. The van der Waals surface area contributed by atoms with Crippen molar-refractivity contribution in [3.05, 3.63) is 11.3 Å². The Hall–Kier alpha value is -1.32. The first-order valence-corrected chi connectivity index (χ1v) is 10.6. The molecule has 1 aliphatic heterocycles. The van der Waals surface area contributed by atoms with Gasteiger partial charge in [-0.25, -0.2) is 0 Å². The van der Waals surface area contributed by atoms with E-state index in [1.54, 1.807) is 14.0 Å². The smallest absolute Gasteiger partial charge is 0.261 e. The summed E-state index contributed by atoms with van der Waals surface area (Å²) in [6, 6.07) is -0.383. The van der Waals surface area contributed by atoms with Crippen LogP contribution in [0.25, 0.3) is 0 Å². The second-order valence-electron chi connectivity index (χ2n) is 8.01. The van der Waals surface area contributed by atoms with Crippen molar-refractivity contribution in [2.24, 2.45) is 5.92 Å². The van der Waals surface area contributed by atoms with E-state index < -0.39 is 0 Å². The van der Waals surface area contributed by atoms with Crippen molar-refractivity contribution in [1.29, 1.82) is 0 Å². The highest BCUT2D eigenvalue weighted by Crippen LogP contribution is 2.24. The van der Waals surface area contributed by atoms with E-state index in [-0.39, 0.29) is 29.1 Å². The summed E-state index contributed by atoms with van der Waals surface area (Å²) in [6.07, 6.45) is 13.9. The Morgan fingerprint density at radius 2 is 1.54 bits per heavy atom. The first kappa shape index (κ1) is 22.7. The van der Waals surface area contributed by atoms with Crippen molar-refractivity contribution < 1.29 is 14.7 Å². The number of nitrogens with zero attached hydrogens (tertiary/aromatic N) is 1. The van der Waals surface area contributed by atoms with Gasteiger partial charge in [0.05, 0.1) is 6.04 Å². The predicted molar refractivity (Wildman–Crippen MR) is 107 cm³/mol. The molecule has 1 amide bonds. The number of carbonyl (C=O) groups is 2. The lowest BCUT2D eigenvalue weighted by molar-refractivity contribution is -0.128. The van der Waals surface area contributed by atoms with Crippen molar-refractivity contribution >= 4 is 11.7 Å². The fourth-order valence-electron chi connectivity index (χ4n) is 3.46. The fourth-order valence-corrected chi connectivity index (χ4v) is 3.46. The van der Waals surface area contributed by atoms with Crippen LogP contribution in [0.15, 0.2) is 11.3 Å². The van der Waals surface area contributed by atoms with Gasteiger partial charge in [-0.15, -0.1) is 0 Å². The minimum Gasteiger partial charge on any atom is -0.509 e. The van der Waals surface area contributed by atoms with Gasteiger partial charge in [0.1, 0.15) is 11.3 Å². The van der Waals surface area contributed by atoms with Crippen molar-refractivity contribution in [2.75, 3.05) is 7.05 Å². The summed E-state index contributed by atoms with van der Waals surface area (Å²) in [4.78, 5) is 25.6. The molecule has 0 radical (unpaired) electrons. The zero-order valence-corrected chi connectivity index (χ0v) is 17.4. The number of likely N-dealkylation sites (N-methyl/N-ethyl adjacent to an activating group) is 1. The molecule has 0 saturated heterocycles. The van der Waals surface area contributed by atoms with Gasteiger partial charge in [-0.05, 0) is 19.3 Å². The Balaban J connectivity index is 2.03. The molecule has 1 N–H and O–H groups in total. The van der Waals surface area contributed by atoms with E-state index in [2.05, 4.69) is 13.8 Å². The van der Waals surface area contributed by atoms with E-state index in [4.69, 9.17) is 0 Å². The van der Waals surface area contributed by atoms with Crippen LogP contribution in [-0.2, 0) is 9.59 Å². The highest BCUT2D eigenvalue weighted by atomic mass is 16.3. The molecule has 1 rings (SSSR count). The molecular formula is C22H39NO3. The van der Waals surface area contributed by atoms with Crippen molar-refractivity contribution in [3.8, 4) is 0 Å². The number of aliphatic hydroxyl groups excluding tert-OH is 1. The summed E-state index contributed by atoms with van der Waals surface area (Å²) in [6.45, 7) is 6.34. The lowest BCUT2D eigenvalue weighted by Crippen LogP contribution is -2.30. The molecule has 4 nitrogen and oxygen atoms in total. The second-order valence-corrected chi connectivity index (χ2v) is 8.01. The number of Topliss-reactive ketones (excluding diaryl/α,β-unsaturated/α-hetero) is 1. The summed E-state index contributed by atoms with van der Waals surface area (Å²) in [5, 5.41) is 9.97. The summed E-state index contributed by atoms with van der Waals surface area (Å²) >= 11 is 0. The Labute approximate surface area is 160 Å². The van der Waals surface area contributed by atoms with Gasteiger partial charge in [-0.2, -0.15) is 0 Å². The molecule has 0 aromatic heterocycles. The van der Waals surface area contributed by atoms with Crippen LogP contribution in [0.3, 0.4) is 0 Å². The molecule has 1 aliphatic rings. The summed E-state index contributed by atoms with van der Waals surface area (Å²) in [5.41, 5.74) is 0.0115. The fraction of sp³-hybridized carbons (Fsp3) is 0.818. The number of unbranched alkanes of at least 4 members (excludes halogenated alkanes) is 8. The van der Waals surface area contributed by atoms with E-state index >= 15 is 0 Å². The molecule has 1 heterocycles. The number of amides is 1. The lowest BCUT2D eigenvalue weighted by atomic mass is 9.99. The second kappa shape index (κ2) is 12.1. The van der Waals surface area contributed by atoms with Gasteiger partial charge in [-0.1, -0.05) is 78.1 Å². The van der Waals surface area contributed by atoms with Gasteiger partial charge in [0, 0.05) is 13.5 Å². The Kier molecular flexibility index (Phi) is 10.6. The van der Waals surface area contributed by atoms with Gasteiger partial charge in [0.25, 0.3) is 5.91 Å². The maximum atomic E-state index is 12.2. The Morgan fingerprint density at radius 1 is 1.04 bits per heavy atom. The molecule has 0 aliphatic carbocycles. The van der Waals surface area contributed by atoms with Crippen molar-refractivity contribution in [1.82, 2.24) is 4.90 Å². The molecule has 2 unspecified atom stereocenters. The SMILES string of the molecule is CCC(C)CCCCCCCCCCCC(=O)C1=C(O)C(C)N(C)C1=O. The Morgan fingerprint density at radius 3 is 2.00 bits per heavy atom. The van der Waals surface area contributed by atoms with Crippen LogP contribution in [0, 0.1) is 5.92 Å². The molecule has 0 aromatic carbocycles. The first-order valence-electron chi connectivity index (χ1n) is 10.6. The highest BCUT2D eigenvalue weighted by molar-refractivity contribution is 6.21. The number of rotatable bonds is 14. The third-order valence-corrected chi connectivity index (χ3v) is 5.84. The van der Waals surface area contributed by atoms with Crippen LogP contribution < -0.4 is 0 Å². The van der Waals surface area contributed by atoms with Gasteiger partial charge in [-0.3, -0.25) is 9.59 Å². The highest BCUT2D eigenvalue weighted by Gasteiger charge is 2.37. The third kappa shape index (κ3) is 7.13. The summed E-state index contributed by atoms with van der Waals surface area (Å²) in [7, 11) is 1.62. The largest absolute Gasteiger partial charge is 0.509 e. The van der Waals surface area contributed by atoms with E-state index in [9.17, 15) is 14.7 Å². The Bertz CT molecular complexity index is 484. The zero-order chi connectivity index (χ0) is 19.5. The van der Waals surface area contributed by atoms with Crippen LogP contribution in [0.4, 0.5) is 0 Å². The molecule has 0 fully saturated rings. The van der Waals surface area contributed by atoms with Crippen LogP contribution in [0.5, 0.6) is 0 Å². The first-order chi connectivity index (χ1) is 12.4. The molecule has 26 heavy (non-hydrogen) atoms. The number of aliphatic hydroxyl groups is 1. The maximum Gasteiger partial charge on any atom is 0.261 e. The van der Waals surface area contributed by atoms with Crippen LogP contribution in [-0.4, -0.2) is 34.8 Å². The average molecular weight is 366 g/mol. The van der Waals surface area contributed by atoms with Gasteiger partial charge < -0.3 is 10.0 Å². The average Bonchev–Trinajstić information content (AvgIpc) is 2.82. The van der Waals surface area contributed by atoms with Crippen LogP contribution >= 0.6 is 0 Å². The summed E-state index contributed by atoms with van der Waals surface area (Å²) in [5.74, 6) is 0.271. The van der Waals surface area contributed by atoms with E-state index in [0.717, 1.165) is 25.2 Å². The van der Waals surface area contributed by atoms with Crippen LogP contribution in [0.1, 0.15) is 97.8 Å². The monoisotopic (exact) mass is 365 g/mol. The molecule has 150 valence electrons. The van der Waals surface area contributed by atoms with Crippen molar-refractivity contribution in [3.63, 3.8) is 0 Å². The summed E-state index contributed by atoms with van der Waals surface area (Å²) < 4.78 is 0. The lowest BCUT2D eigenvalue weighted by Gasteiger charge is -2.14. The van der Waals surface area contributed by atoms with Gasteiger partial charge in [0.2, 0.25) is 0 Å². The normalized spacial score (nSPS) is 18.7. The molecule has 0 spiro atoms. The van der Waals surface area contributed by atoms with Gasteiger partial charge >= 0.3 is 0 Å².